The van der Waals surface area contributed by atoms with Gasteiger partial charge in [-0.25, -0.2) is 9.37 Å². The molecule has 0 bridgehead atoms. The van der Waals surface area contributed by atoms with Gasteiger partial charge in [-0.05, 0) is 37.4 Å². The Labute approximate surface area is 274 Å². The number of carbonyl (C=O) groups is 1. The first-order valence-electron chi connectivity index (χ1n) is 15.7. The molecule has 46 heavy (non-hydrogen) atoms. The van der Waals surface area contributed by atoms with Crippen molar-refractivity contribution in [2.75, 3.05) is 45.9 Å². The van der Waals surface area contributed by atoms with Crippen LogP contribution in [0.1, 0.15) is 70.9 Å². The summed E-state index contributed by atoms with van der Waals surface area (Å²) in [5.74, 6) is 0.00764. The van der Waals surface area contributed by atoms with Gasteiger partial charge in [0.25, 0.3) is 5.91 Å². The number of aromatic hydroxyl groups is 1. The van der Waals surface area contributed by atoms with Crippen molar-refractivity contribution in [2.45, 2.75) is 57.3 Å². The summed E-state index contributed by atoms with van der Waals surface area (Å²) in [5, 5.41) is 26.8. The van der Waals surface area contributed by atoms with Crippen LogP contribution in [0.3, 0.4) is 0 Å². The van der Waals surface area contributed by atoms with Crippen LogP contribution in [-0.4, -0.2) is 87.4 Å². The maximum atomic E-state index is 15.6. The fourth-order valence-corrected chi connectivity index (χ4v) is 8.04. The molecule has 2 aliphatic heterocycles. The minimum absolute atomic E-state index is 0.0345. The Balaban J connectivity index is 0.992. The predicted octanol–water partition coefficient (Wildman–Crippen LogP) is 4.39. The van der Waals surface area contributed by atoms with Crippen molar-refractivity contribution in [1.29, 1.82) is 0 Å². The quantitative estimate of drug-likeness (QED) is 0.183. The molecule has 1 amide bonds. The van der Waals surface area contributed by atoms with Crippen LogP contribution in [0.2, 0.25) is 0 Å². The lowest BCUT2D eigenvalue weighted by atomic mass is 9.89. The SMILES string of the molecule is CC(C)c1nc(C(=O)N2CCOC3(CCN(Cc4cccc(CCNC[C@H](O)c5ccc(O)c6[nH]c(=O)sc56)c4F)CC3)C2)cs1. The molecule has 2 aromatic heterocycles. The van der Waals surface area contributed by atoms with Crippen molar-refractivity contribution < 1.29 is 24.1 Å². The zero-order chi connectivity index (χ0) is 32.4. The molecule has 246 valence electrons. The molecule has 2 aromatic carbocycles. The van der Waals surface area contributed by atoms with Gasteiger partial charge >= 0.3 is 4.87 Å². The van der Waals surface area contributed by atoms with Crippen LogP contribution in [0.15, 0.2) is 40.5 Å². The number of phenolic OH excluding ortho intramolecular Hbond substituents is 1. The summed E-state index contributed by atoms with van der Waals surface area (Å²) in [7, 11) is 0. The maximum Gasteiger partial charge on any atom is 0.305 e. The molecule has 4 aromatic rings. The van der Waals surface area contributed by atoms with E-state index >= 15 is 4.39 Å². The number of halogens is 1. The molecule has 2 fully saturated rings. The number of aliphatic hydroxyl groups is 1. The van der Waals surface area contributed by atoms with Gasteiger partial charge in [-0.1, -0.05) is 49.4 Å². The van der Waals surface area contributed by atoms with Crippen molar-refractivity contribution in [3.63, 3.8) is 0 Å². The van der Waals surface area contributed by atoms with Crippen molar-refractivity contribution in [1.82, 2.24) is 25.1 Å². The van der Waals surface area contributed by atoms with Gasteiger partial charge in [-0.3, -0.25) is 14.5 Å². The number of phenols is 1. The number of aromatic nitrogens is 2. The number of H-pyrrole nitrogens is 1. The van der Waals surface area contributed by atoms with Gasteiger partial charge in [0, 0.05) is 55.1 Å². The smallest absolute Gasteiger partial charge is 0.305 e. The molecule has 13 heteroatoms. The number of benzene rings is 2. The second-order valence-electron chi connectivity index (χ2n) is 12.5. The van der Waals surface area contributed by atoms with E-state index < -0.39 is 6.10 Å². The number of piperidine rings is 1. The van der Waals surface area contributed by atoms with E-state index in [4.69, 9.17) is 4.74 Å². The lowest BCUT2D eigenvalue weighted by molar-refractivity contribution is -0.128. The summed E-state index contributed by atoms with van der Waals surface area (Å²) in [6, 6.07) is 8.56. The monoisotopic (exact) mass is 669 g/mol. The average Bonchev–Trinajstić information content (AvgIpc) is 3.70. The van der Waals surface area contributed by atoms with Crippen LogP contribution in [0.4, 0.5) is 4.39 Å². The van der Waals surface area contributed by atoms with Crippen molar-refractivity contribution in [3.05, 3.63) is 78.6 Å². The third-order valence-corrected chi connectivity index (χ3v) is 11.0. The molecule has 0 radical (unpaired) electrons. The molecule has 6 rings (SSSR count). The van der Waals surface area contributed by atoms with Gasteiger partial charge in [0.1, 0.15) is 22.8 Å². The summed E-state index contributed by atoms with van der Waals surface area (Å²) in [6.07, 6.45) is 1.10. The number of thiazole rings is 2. The molecule has 0 aliphatic carbocycles. The number of morpholine rings is 1. The standard InChI is InChI=1S/C33H40FN5O5S2/c1-20(2)30-36-24(18-45-30)31(42)39-14-15-44-33(19-39)9-12-38(13-10-33)17-22-5-3-4-21(27(22)34)8-11-35-16-26(41)23-6-7-25(40)28-29(23)46-32(43)37-28/h3-7,18,20,26,35,40-41H,8-17,19H2,1-2H3,(H,37,43)/t26-/m0/s1. The van der Waals surface area contributed by atoms with Crippen LogP contribution in [0, 0.1) is 5.82 Å². The Kier molecular flexibility index (Phi) is 9.88. The first-order chi connectivity index (χ1) is 22.1. The fraction of sp³-hybridized carbons (Fsp3) is 0.485. The zero-order valence-corrected chi connectivity index (χ0v) is 27.7. The summed E-state index contributed by atoms with van der Waals surface area (Å²) in [4.78, 5) is 36.0. The summed E-state index contributed by atoms with van der Waals surface area (Å²) in [5.41, 5.74) is 2.26. The fourth-order valence-electron chi connectivity index (χ4n) is 6.32. The van der Waals surface area contributed by atoms with E-state index in [1.165, 1.54) is 17.4 Å². The van der Waals surface area contributed by atoms with Crippen LogP contribution in [-0.2, 0) is 17.7 Å². The van der Waals surface area contributed by atoms with Crippen molar-refractivity contribution >= 4 is 38.8 Å². The topological polar surface area (TPSA) is 131 Å². The molecule has 2 saturated heterocycles. The van der Waals surface area contributed by atoms with Gasteiger partial charge in [-0.2, -0.15) is 0 Å². The highest BCUT2D eigenvalue weighted by atomic mass is 32.1. The maximum absolute atomic E-state index is 15.6. The van der Waals surface area contributed by atoms with E-state index in [-0.39, 0.29) is 34.5 Å². The van der Waals surface area contributed by atoms with Crippen molar-refractivity contribution in [3.8, 4) is 5.75 Å². The molecule has 0 saturated carbocycles. The minimum atomic E-state index is -0.892. The van der Waals surface area contributed by atoms with Crippen LogP contribution < -0.4 is 10.2 Å². The lowest BCUT2D eigenvalue weighted by Gasteiger charge is -2.47. The van der Waals surface area contributed by atoms with Crippen LogP contribution in [0.25, 0.3) is 10.2 Å². The Morgan fingerprint density at radius 2 is 1.98 bits per heavy atom. The molecule has 4 N–H and O–H groups in total. The molecule has 0 unspecified atom stereocenters. The van der Waals surface area contributed by atoms with Crippen molar-refractivity contribution in [2.24, 2.45) is 0 Å². The molecular weight excluding hydrogens is 630 g/mol. The Morgan fingerprint density at radius 3 is 2.74 bits per heavy atom. The predicted molar refractivity (Wildman–Crippen MR) is 177 cm³/mol. The number of ether oxygens (including phenoxy) is 1. The number of rotatable bonds is 10. The number of likely N-dealkylation sites (tertiary alicyclic amines) is 1. The highest BCUT2D eigenvalue weighted by Crippen LogP contribution is 2.33. The first kappa shape index (κ1) is 32.7. The molecule has 1 spiro atoms. The Bertz CT molecular complexity index is 1750. The van der Waals surface area contributed by atoms with Crippen LogP contribution in [0.5, 0.6) is 5.75 Å². The number of aliphatic hydroxyl groups excluding tert-OH is 1. The number of nitrogens with zero attached hydrogens (tertiary/aromatic N) is 3. The van der Waals surface area contributed by atoms with E-state index in [1.54, 1.807) is 12.1 Å². The highest BCUT2D eigenvalue weighted by molar-refractivity contribution is 7.16. The number of aromatic amines is 1. The largest absolute Gasteiger partial charge is 0.506 e. The van der Waals surface area contributed by atoms with Gasteiger partial charge in [0.05, 0.1) is 34.6 Å². The van der Waals surface area contributed by atoms with E-state index in [9.17, 15) is 19.8 Å². The number of carbonyl (C=O) groups excluding carboxylic acids is 1. The third-order valence-electron chi connectivity index (χ3n) is 8.95. The van der Waals surface area contributed by atoms with Crippen LogP contribution >= 0.6 is 22.7 Å². The molecular formula is C33H40FN5O5S2. The van der Waals surface area contributed by atoms with Gasteiger partial charge in [-0.15, -0.1) is 11.3 Å². The zero-order valence-electron chi connectivity index (χ0n) is 26.1. The number of fused-ring (bicyclic) bond motifs is 1. The van der Waals surface area contributed by atoms with E-state index in [2.05, 4.69) is 34.0 Å². The molecule has 2 aliphatic rings. The third kappa shape index (κ3) is 7.04. The Hall–Kier alpha value is -3.20. The van der Waals surface area contributed by atoms with E-state index in [0.717, 1.165) is 42.3 Å². The first-order valence-corrected chi connectivity index (χ1v) is 17.4. The second-order valence-corrected chi connectivity index (χ2v) is 14.4. The van der Waals surface area contributed by atoms with Gasteiger partial charge in [0.15, 0.2) is 0 Å². The lowest BCUT2D eigenvalue weighted by Crippen LogP contribution is -2.58. The normalized spacial score (nSPS) is 17.7. The molecule has 4 heterocycles. The van der Waals surface area contributed by atoms with E-state index in [0.29, 0.717) is 77.7 Å². The van der Waals surface area contributed by atoms with Gasteiger partial charge < -0.3 is 30.2 Å². The minimum Gasteiger partial charge on any atom is -0.506 e. The summed E-state index contributed by atoms with van der Waals surface area (Å²) >= 11 is 2.48. The Morgan fingerprint density at radius 1 is 1.20 bits per heavy atom. The van der Waals surface area contributed by atoms with Gasteiger partial charge in [0.2, 0.25) is 0 Å². The second kappa shape index (κ2) is 13.9. The van der Waals surface area contributed by atoms with E-state index in [1.807, 2.05) is 22.4 Å². The number of nitrogens with one attached hydrogen (secondary N) is 2. The number of hydrogen-bond acceptors (Lipinski definition) is 10. The number of hydrogen-bond donors (Lipinski definition) is 4. The summed E-state index contributed by atoms with van der Waals surface area (Å²) in [6.45, 7) is 8.43. The average molecular weight is 670 g/mol. The molecule has 1 atom stereocenters. The summed E-state index contributed by atoms with van der Waals surface area (Å²) < 4.78 is 22.4. The highest BCUT2D eigenvalue weighted by Gasteiger charge is 2.41. The molecule has 10 nitrogen and oxygen atoms in total. The number of amides is 1.